The summed E-state index contributed by atoms with van der Waals surface area (Å²) in [4.78, 5) is 26.0. The molecule has 1 saturated carbocycles. The third-order valence-corrected chi connectivity index (χ3v) is 5.39. The number of imide groups is 1. The highest BCUT2D eigenvalue weighted by Gasteiger charge is 2.52. The summed E-state index contributed by atoms with van der Waals surface area (Å²) < 4.78 is 0. The third-order valence-electron chi connectivity index (χ3n) is 4.69. The molecule has 5 heteroatoms. The maximum atomic E-state index is 12.4. The highest BCUT2D eigenvalue weighted by molar-refractivity contribution is 7.07. The number of rotatable bonds is 4. The van der Waals surface area contributed by atoms with E-state index in [-0.39, 0.29) is 30.2 Å². The van der Waals surface area contributed by atoms with Crippen LogP contribution in [0.3, 0.4) is 0 Å². The Balaban J connectivity index is 1.70. The van der Waals surface area contributed by atoms with Crippen LogP contribution in [-0.4, -0.2) is 28.4 Å². The first-order valence-electron chi connectivity index (χ1n) is 7.17. The van der Waals surface area contributed by atoms with Crippen LogP contribution in [0, 0.1) is 17.8 Å². The fraction of sp³-hybridized carbons (Fsp3) is 0.600. The average molecular weight is 293 g/mol. The number of nitrogens with zero attached hydrogens (tertiary/aromatic N) is 1. The Hall–Kier alpha value is -1.20. The molecule has 0 aromatic carbocycles. The SMILES string of the molecule is CCC1CC2C(=O)N(CC(O)c3ccsc3)C(=O)C2C1. The van der Waals surface area contributed by atoms with Crippen LogP contribution in [0.1, 0.15) is 37.9 Å². The summed E-state index contributed by atoms with van der Waals surface area (Å²) in [7, 11) is 0. The second-order valence-electron chi connectivity index (χ2n) is 5.82. The molecule has 2 amide bonds. The van der Waals surface area contributed by atoms with Crippen molar-refractivity contribution in [3.05, 3.63) is 22.4 Å². The first-order chi connectivity index (χ1) is 9.61. The van der Waals surface area contributed by atoms with Gasteiger partial charge in [0.1, 0.15) is 0 Å². The van der Waals surface area contributed by atoms with Gasteiger partial charge in [0.15, 0.2) is 0 Å². The molecule has 0 radical (unpaired) electrons. The molecule has 2 aliphatic rings. The van der Waals surface area contributed by atoms with Crippen molar-refractivity contribution in [2.75, 3.05) is 6.54 Å². The summed E-state index contributed by atoms with van der Waals surface area (Å²) in [5.41, 5.74) is 0.777. The minimum absolute atomic E-state index is 0.0785. The highest BCUT2D eigenvalue weighted by Crippen LogP contribution is 2.44. The van der Waals surface area contributed by atoms with Crippen molar-refractivity contribution >= 4 is 23.2 Å². The minimum atomic E-state index is -0.769. The van der Waals surface area contributed by atoms with Crippen molar-refractivity contribution in [3.63, 3.8) is 0 Å². The van der Waals surface area contributed by atoms with E-state index in [0.717, 1.165) is 24.8 Å². The van der Waals surface area contributed by atoms with Gasteiger partial charge in [-0.1, -0.05) is 13.3 Å². The summed E-state index contributed by atoms with van der Waals surface area (Å²) >= 11 is 1.50. The quantitative estimate of drug-likeness (QED) is 0.866. The summed E-state index contributed by atoms with van der Waals surface area (Å²) in [5.74, 6) is 0.0709. The van der Waals surface area contributed by atoms with Crippen LogP contribution in [0.25, 0.3) is 0 Å². The molecule has 1 aromatic rings. The Morgan fingerprint density at radius 1 is 1.35 bits per heavy atom. The maximum Gasteiger partial charge on any atom is 0.233 e. The second-order valence-corrected chi connectivity index (χ2v) is 6.60. The van der Waals surface area contributed by atoms with Crippen LogP contribution in [0.4, 0.5) is 0 Å². The zero-order valence-corrected chi connectivity index (χ0v) is 12.3. The van der Waals surface area contributed by atoms with E-state index in [1.165, 1.54) is 16.2 Å². The lowest BCUT2D eigenvalue weighted by molar-refractivity contribution is -0.142. The van der Waals surface area contributed by atoms with Gasteiger partial charge in [-0.2, -0.15) is 11.3 Å². The Bertz CT molecular complexity index is 489. The molecule has 2 heterocycles. The van der Waals surface area contributed by atoms with Crippen molar-refractivity contribution in [3.8, 4) is 0 Å². The van der Waals surface area contributed by atoms with E-state index in [2.05, 4.69) is 6.92 Å². The molecule has 0 spiro atoms. The molecule has 0 bridgehead atoms. The van der Waals surface area contributed by atoms with Crippen molar-refractivity contribution < 1.29 is 14.7 Å². The lowest BCUT2D eigenvalue weighted by Crippen LogP contribution is -2.35. The first-order valence-corrected chi connectivity index (χ1v) is 8.11. The number of carbonyl (C=O) groups is 2. The summed E-state index contributed by atoms with van der Waals surface area (Å²) in [6, 6.07) is 1.83. The number of β-amino-alcohol motifs (C(OH)–C–C–N with tert-alkyl or cyclic N) is 1. The van der Waals surface area contributed by atoms with Gasteiger partial charge in [0, 0.05) is 0 Å². The Morgan fingerprint density at radius 3 is 2.50 bits per heavy atom. The predicted octanol–water partition coefficient (Wildman–Crippen LogP) is 2.20. The zero-order valence-electron chi connectivity index (χ0n) is 11.5. The van der Waals surface area contributed by atoms with E-state index in [4.69, 9.17) is 0 Å². The van der Waals surface area contributed by atoms with Gasteiger partial charge in [0.25, 0.3) is 0 Å². The van der Waals surface area contributed by atoms with Gasteiger partial charge in [-0.25, -0.2) is 0 Å². The third kappa shape index (κ3) is 2.19. The van der Waals surface area contributed by atoms with Crippen LogP contribution in [0.15, 0.2) is 16.8 Å². The molecule has 4 nitrogen and oxygen atoms in total. The van der Waals surface area contributed by atoms with Gasteiger partial charge in [0.2, 0.25) is 11.8 Å². The number of amides is 2. The minimum Gasteiger partial charge on any atom is -0.387 e. The molecule has 1 N–H and O–H groups in total. The predicted molar refractivity (Wildman–Crippen MR) is 76.0 cm³/mol. The fourth-order valence-electron chi connectivity index (χ4n) is 3.45. The summed E-state index contributed by atoms with van der Waals surface area (Å²) in [6.07, 6.45) is 1.92. The molecule has 1 aliphatic heterocycles. The molecule has 3 atom stereocenters. The van der Waals surface area contributed by atoms with E-state index < -0.39 is 6.10 Å². The number of carbonyl (C=O) groups excluding carboxylic acids is 2. The molecule has 108 valence electrons. The maximum absolute atomic E-state index is 12.4. The van der Waals surface area contributed by atoms with Crippen LogP contribution < -0.4 is 0 Å². The molecule has 1 aliphatic carbocycles. The molecule has 1 saturated heterocycles. The number of likely N-dealkylation sites (tertiary alicyclic amines) is 1. The van der Waals surface area contributed by atoms with E-state index >= 15 is 0 Å². The van der Waals surface area contributed by atoms with Gasteiger partial charge in [-0.15, -0.1) is 0 Å². The molecule has 2 fully saturated rings. The number of hydrogen-bond donors (Lipinski definition) is 1. The number of aliphatic hydroxyl groups excluding tert-OH is 1. The number of hydrogen-bond acceptors (Lipinski definition) is 4. The fourth-order valence-corrected chi connectivity index (χ4v) is 4.16. The largest absolute Gasteiger partial charge is 0.387 e. The topological polar surface area (TPSA) is 57.6 Å². The lowest BCUT2D eigenvalue weighted by atomic mass is 10.00. The Labute approximate surface area is 122 Å². The summed E-state index contributed by atoms with van der Waals surface area (Å²) in [5, 5.41) is 13.9. The monoisotopic (exact) mass is 293 g/mol. The second kappa shape index (κ2) is 5.30. The van der Waals surface area contributed by atoms with Crippen molar-refractivity contribution in [1.29, 1.82) is 0 Å². The van der Waals surface area contributed by atoms with Gasteiger partial charge in [-0.05, 0) is 41.1 Å². The van der Waals surface area contributed by atoms with E-state index in [0.29, 0.717) is 5.92 Å². The van der Waals surface area contributed by atoms with Crippen molar-refractivity contribution in [2.24, 2.45) is 17.8 Å². The zero-order chi connectivity index (χ0) is 14.3. The van der Waals surface area contributed by atoms with Crippen LogP contribution in [0.2, 0.25) is 0 Å². The van der Waals surface area contributed by atoms with E-state index in [9.17, 15) is 14.7 Å². The number of aliphatic hydroxyl groups is 1. The van der Waals surface area contributed by atoms with Gasteiger partial charge in [-0.3, -0.25) is 14.5 Å². The van der Waals surface area contributed by atoms with Crippen molar-refractivity contribution in [1.82, 2.24) is 4.90 Å². The first kappa shape index (κ1) is 13.8. The Morgan fingerprint density at radius 2 is 2.00 bits per heavy atom. The van der Waals surface area contributed by atoms with Gasteiger partial charge >= 0.3 is 0 Å². The number of fused-ring (bicyclic) bond motifs is 1. The van der Waals surface area contributed by atoms with Crippen LogP contribution >= 0.6 is 11.3 Å². The standard InChI is InChI=1S/C15H19NO3S/c1-2-9-5-11-12(6-9)15(19)16(14(11)18)7-13(17)10-3-4-20-8-10/h3-4,8-9,11-13,17H,2,5-7H2,1H3. The molecule has 3 unspecified atom stereocenters. The van der Waals surface area contributed by atoms with Crippen LogP contribution in [-0.2, 0) is 9.59 Å². The normalized spacial score (nSPS) is 30.9. The van der Waals surface area contributed by atoms with Crippen LogP contribution in [0.5, 0.6) is 0 Å². The molecular weight excluding hydrogens is 274 g/mol. The van der Waals surface area contributed by atoms with Crippen molar-refractivity contribution in [2.45, 2.75) is 32.3 Å². The number of thiophene rings is 1. The highest BCUT2D eigenvalue weighted by atomic mass is 32.1. The molecule has 1 aromatic heterocycles. The molecule has 3 rings (SSSR count). The van der Waals surface area contributed by atoms with Gasteiger partial charge in [0.05, 0.1) is 24.5 Å². The Kier molecular flexibility index (Phi) is 3.65. The van der Waals surface area contributed by atoms with E-state index in [1.54, 1.807) is 0 Å². The van der Waals surface area contributed by atoms with Gasteiger partial charge < -0.3 is 5.11 Å². The smallest absolute Gasteiger partial charge is 0.233 e. The average Bonchev–Trinajstić information content (AvgIpc) is 3.14. The lowest BCUT2D eigenvalue weighted by Gasteiger charge is -2.20. The molecule has 20 heavy (non-hydrogen) atoms. The molecular formula is C15H19NO3S. The van der Waals surface area contributed by atoms with E-state index in [1.807, 2.05) is 16.8 Å². The summed E-state index contributed by atoms with van der Waals surface area (Å²) in [6.45, 7) is 2.21.